The standard InChI is InChI=1S/C12H15ClFNO2/c1-8-3-4-10(11(14)5-8)12(16)15-6-9(13)7-17-2/h3-5,9H,6-7H2,1-2H3,(H,15,16). The van der Waals surface area contributed by atoms with Gasteiger partial charge in [-0.15, -0.1) is 11.6 Å². The Morgan fingerprint density at radius 1 is 1.59 bits per heavy atom. The number of ether oxygens (including phenoxy) is 1. The zero-order chi connectivity index (χ0) is 12.8. The van der Waals surface area contributed by atoms with Crippen molar-refractivity contribution in [3.8, 4) is 0 Å². The molecule has 0 aliphatic rings. The second-order valence-corrected chi connectivity index (χ2v) is 4.36. The van der Waals surface area contributed by atoms with E-state index in [0.717, 1.165) is 5.56 Å². The molecule has 0 aliphatic carbocycles. The van der Waals surface area contributed by atoms with Gasteiger partial charge in [-0.25, -0.2) is 4.39 Å². The molecule has 0 radical (unpaired) electrons. The Morgan fingerprint density at radius 3 is 2.88 bits per heavy atom. The van der Waals surface area contributed by atoms with Crippen molar-refractivity contribution in [2.75, 3.05) is 20.3 Å². The van der Waals surface area contributed by atoms with Gasteiger partial charge in [-0.1, -0.05) is 6.07 Å². The molecule has 1 rings (SSSR count). The van der Waals surface area contributed by atoms with Crippen LogP contribution >= 0.6 is 11.6 Å². The van der Waals surface area contributed by atoms with E-state index >= 15 is 0 Å². The van der Waals surface area contributed by atoms with Crippen LogP contribution in [0.3, 0.4) is 0 Å². The minimum Gasteiger partial charge on any atom is -0.383 e. The predicted molar refractivity (Wildman–Crippen MR) is 65.0 cm³/mol. The third kappa shape index (κ3) is 4.32. The number of alkyl halides is 1. The lowest BCUT2D eigenvalue weighted by Crippen LogP contribution is -2.32. The van der Waals surface area contributed by atoms with Gasteiger partial charge < -0.3 is 10.1 Å². The summed E-state index contributed by atoms with van der Waals surface area (Å²) in [6, 6.07) is 4.47. The first-order valence-electron chi connectivity index (χ1n) is 5.22. The van der Waals surface area contributed by atoms with Gasteiger partial charge in [0.15, 0.2) is 0 Å². The highest BCUT2D eigenvalue weighted by Crippen LogP contribution is 2.09. The average molecular weight is 260 g/mol. The van der Waals surface area contributed by atoms with Gasteiger partial charge in [0.05, 0.1) is 17.5 Å². The third-order valence-electron chi connectivity index (χ3n) is 2.20. The van der Waals surface area contributed by atoms with Crippen LogP contribution in [-0.2, 0) is 4.74 Å². The maximum atomic E-state index is 13.5. The van der Waals surface area contributed by atoms with E-state index < -0.39 is 11.7 Å². The van der Waals surface area contributed by atoms with Crippen molar-refractivity contribution < 1.29 is 13.9 Å². The van der Waals surface area contributed by atoms with E-state index in [-0.39, 0.29) is 17.5 Å². The summed E-state index contributed by atoms with van der Waals surface area (Å²) in [6.07, 6.45) is 0. The Morgan fingerprint density at radius 2 is 2.29 bits per heavy atom. The SMILES string of the molecule is COCC(Cl)CNC(=O)c1ccc(C)cc1F. The number of methoxy groups -OCH3 is 1. The Bertz CT molecular complexity index is 398. The van der Waals surface area contributed by atoms with Crippen LogP contribution in [-0.4, -0.2) is 31.5 Å². The van der Waals surface area contributed by atoms with Crippen molar-refractivity contribution in [3.05, 3.63) is 35.1 Å². The van der Waals surface area contributed by atoms with Gasteiger partial charge in [-0.05, 0) is 24.6 Å². The van der Waals surface area contributed by atoms with Crippen LogP contribution in [0.15, 0.2) is 18.2 Å². The Labute approximate surface area is 105 Å². The molecule has 1 amide bonds. The summed E-state index contributed by atoms with van der Waals surface area (Å²) in [7, 11) is 1.52. The monoisotopic (exact) mass is 259 g/mol. The first-order chi connectivity index (χ1) is 8.04. The molecular formula is C12H15ClFNO2. The number of benzene rings is 1. The van der Waals surface area contributed by atoms with Crippen LogP contribution < -0.4 is 5.32 Å². The molecule has 1 N–H and O–H groups in total. The van der Waals surface area contributed by atoms with Crippen molar-refractivity contribution in [2.24, 2.45) is 0 Å². The lowest BCUT2D eigenvalue weighted by atomic mass is 10.1. The second kappa shape index (κ2) is 6.57. The molecule has 1 atom stereocenters. The summed E-state index contributed by atoms with van der Waals surface area (Å²) in [4.78, 5) is 11.6. The Kier molecular flexibility index (Phi) is 5.38. The fourth-order valence-corrected chi connectivity index (χ4v) is 1.55. The quantitative estimate of drug-likeness (QED) is 0.823. The smallest absolute Gasteiger partial charge is 0.254 e. The second-order valence-electron chi connectivity index (χ2n) is 3.75. The Balaban J connectivity index is 2.58. The lowest BCUT2D eigenvalue weighted by Gasteiger charge is -2.10. The van der Waals surface area contributed by atoms with E-state index in [1.54, 1.807) is 13.0 Å². The number of carbonyl (C=O) groups excluding carboxylic acids is 1. The van der Waals surface area contributed by atoms with Gasteiger partial charge in [0, 0.05) is 13.7 Å². The minimum absolute atomic E-state index is 0.0249. The summed E-state index contributed by atoms with van der Waals surface area (Å²) >= 11 is 5.84. The number of amides is 1. The highest BCUT2D eigenvalue weighted by molar-refractivity contribution is 6.21. The van der Waals surface area contributed by atoms with Crippen molar-refractivity contribution in [3.63, 3.8) is 0 Å². The average Bonchev–Trinajstić information content (AvgIpc) is 2.26. The van der Waals surface area contributed by atoms with Crippen LogP contribution in [0.5, 0.6) is 0 Å². The molecule has 3 nitrogen and oxygen atoms in total. The molecule has 5 heteroatoms. The molecule has 0 saturated heterocycles. The molecule has 94 valence electrons. The summed E-state index contributed by atoms with van der Waals surface area (Å²) in [5, 5.41) is 2.23. The van der Waals surface area contributed by atoms with E-state index in [9.17, 15) is 9.18 Å². The summed E-state index contributed by atoms with van der Waals surface area (Å²) in [5.74, 6) is -0.996. The van der Waals surface area contributed by atoms with E-state index in [1.807, 2.05) is 0 Å². The molecule has 0 saturated carbocycles. The summed E-state index contributed by atoms with van der Waals surface area (Å²) < 4.78 is 18.3. The normalized spacial score (nSPS) is 12.2. The third-order valence-corrected chi connectivity index (χ3v) is 2.48. The fraction of sp³-hybridized carbons (Fsp3) is 0.417. The highest BCUT2D eigenvalue weighted by atomic mass is 35.5. The molecule has 0 fully saturated rings. The van der Waals surface area contributed by atoms with Crippen molar-refractivity contribution in [1.82, 2.24) is 5.32 Å². The van der Waals surface area contributed by atoms with Gasteiger partial charge in [0.1, 0.15) is 5.82 Å². The molecule has 0 spiro atoms. The van der Waals surface area contributed by atoms with Gasteiger partial charge in [0.25, 0.3) is 5.91 Å². The predicted octanol–water partition coefficient (Wildman–Crippen LogP) is 2.12. The number of aryl methyl sites for hydroxylation is 1. The molecule has 1 unspecified atom stereocenters. The molecule has 0 aliphatic heterocycles. The zero-order valence-electron chi connectivity index (χ0n) is 9.80. The number of rotatable bonds is 5. The van der Waals surface area contributed by atoms with Crippen LogP contribution in [0.4, 0.5) is 4.39 Å². The Hall–Kier alpha value is -1.13. The molecule has 0 heterocycles. The van der Waals surface area contributed by atoms with Gasteiger partial charge in [0.2, 0.25) is 0 Å². The number of carbonyl (C=O) groups is 1. The van der Waals surface area contributed by atoms with Gasteiger partial charge in [-0.2, -0.15) is 0 Å². The molecule has 1 aromatic rings. The summed E-state index contributed by atoms with van der Waals surface area (Å²) in [5.41, 5.74) is 0.797. The topological polar surface area (TPSA) is 38.3 Å². The summed E-state index contributed by atoms with van der Waals surface area (Å²) in [6.45, 7) is 2.33. The van der Waals surface area contributed by atoms with Crippen LogP contribution in [0.1, 0.15) is 15.9 Å². The molecule has 17 heavy (non-hydrogen) atoms. The van der Waals surface area contributed by atoms with Gasteiger partial charge >= 0.3 is 0 Å². The van der Waals surface area contributed by atoms with E-state index in [0.29, 0.717) is 6.61 Å². The number of hydrogen-bond acceptors (Lipinski definition) is 2. The molecule has 0 aromatic heterocycles. The largest absolute Gasteiger partial charge is 0.383 e. The van der Waals surface area contributed by atoms with Gasteiger partial charge in [-0.3, -0.25) is 4.79 Å². The van der Waals surface area contributed by atoms with E-state index in [4.69, 9.17) is 16.3 Å². The maximum Gasteiger partial charge on any atom is 0.254 e. The first kappa shape index (κ1) is 13.9. The molecular weight excluding hydrogens is 245 g/mol. The molecule has 1 aromatic carbocycles. The highest BCUT2D eigenvalue weighted by Gasteiger charge is 2.13. The van der Waals surface area contributed by atoms with Crippen LogP contribution in [0.2, 0.25) is 0 Å². The molecule has 0 bridgehead atoms. The van der Waals surface area contributed by atoms with E-state index in [1.165, 1.54) is 19.2 Å². The fourth-order valence-electron chi connectivity index (χ4n) is 1.34. The van der Waals surface area contributed by atoms with Crippen molar-refractivity contribution in [2.45, 2.75) is 12.3 Å². The van der Waals surface area contributed by atoms with Crippen molar-refractivity contribution >= 4 is 17.5 Å². The number of halogens is 2. The minimum atomic E-state index is -0.527. The van der Waals surface area contributed by atoms with Crippen LogP contribution in [0, 0.1) is 12.7 Å². The zero-order valence-corrected chi connectivity index (χ0v) is 10.6. The van der Waals surface area contributed by atoms with E-state index in [2.05, 4.69) is 5.32 Å². The lowest BCUT2D eigenvalue weighted by molar-refractivity contribution is 0.0945. The number of nitrogens with one attached hydrogen (secondary N) is 1. The van der Waals surface area contributed by atoms with Crippen LogP contribution in [0.25, 0.3) is 0 Å². The maximum absolute atomic E-state index is 13.5. The van der Waals surface area contributed by atoms with Crippen molar-refractivity contribution in [1.29, 1.82) is 0 Å². The first-order valence-corrected chi connectivity index (χ1v) is 5.65. The number of hydrogen-bond donors (Lipinski definition) is 1.